The maximum Gasteiger partial charge on any atom is 0.416 e. The number of aromatic nitrogens is 2. The van der Waals surface area contributed by atoms with Gasteiger partial charge in [0.1, 0.15) is 11.8 Å². The third kappa shape index (κ3) is 2.88. The first-order chi connectivity index (χ1) is 9.29. The maximum absolute atomic E-state index is 12.6. The fourth-order valence-electron chi connectivity index (χ4n) is 1.67. The van der Waals surface area contributed by atoms with Gasteiger partial charge >= 0.3 is 6.18 Å². The van der Waals surface area contributed by atoms with Gasteiger partial charge in [-0.1, -0.05) is 12.1 Å². The second-order valence-corrected chi connectivity index (χ2v) is 4.29. The van der Waals surface area contributed by atoms with Crippen LogP contribution >= 0.6 is 0 Å². The van der Waals surface area contributed by atoms with Gasteiger partial charge in [0.25, 0.3) is 0 Å². The molecule has 1 heterocycles. The molecule has 0 saturated carbocycles. The number of benzene rings is 1. The monoisotopic (exact) mass is 284 g/mol. The highest BCUT2D eigenvalue weighted by molar-refractivity contribution is 5.98. The van der Waals surface area contributed by atoms with Gasteiger partial charge in [-0.15, -0.1) is 0 Å². The number of hydrogen-bond donors (Lipinski definition) is 2. The fourth-order valence-corrected chi connectivity index (χ4v) is 1.67. The van der Waals surface area contributed by atoms with Crippen LogP contribution in [0.3, 0.4) is 0 Å². The number of aliphatic hydroxyl groups is 1. The highest BCUT2D eigenvalue weighted by Crippen LogP contribution is 2.31. The molecule has 0 amide bonds. The molecule has 0 aliphatic heterocycles. The zero-order valence-corrected chi connectivity index (χ0v) is 10.4. The van der Waals surface area contributed by atoms with Crippen molar-refractivity contribution in [2.45, 2.75) is 19.2 Å². The van der Waals surface area contributed by atoms with Crippen molar-refractivity contribution in [3.05, 3.63) is 41.6 Å². The topological polar surface area (TPSA) is 66.0 Å². The molecule has 1 aromatic carbocycles. The van der Waals surface area contributed by atoms with Crippen molar-refractivity contribution in [1.29, 1.82) is 0 Å². The number of nitrogens with zero attached hydrogens (tertiary/aromatic N) is 1. The van der Waals surface area contributed by atoms with Gasteiger partial charge in [-0.2, -0.15) is 18.3 Å². The van der Waals surface area contributed by atoms with E-state index >= 15 is 0 Å². The van der Waals surface area contributed by atoms with Gasteiger partial charge in [-0.25, -0.2) is 0 Å². The molecule has 2 aromatic rings. The summed E-state index contributed by atoms with van der Waals surface area (Å²) in [6.07, 6.45) is -5.65. The van der Waals surface area contributed by atoms with Crippen molar-refractivity contribution in [3.63, 3.8) is 0 Å². The van der Waals surface area contributed by atoms with Crippen LogP contribution in [0.1, 0.15) is 23.0 Å². The Morgan fingerprint density at radius 1 is 1.35 bits per heavy atom. The number of halogens is 3. The highest BCUT2D eigenvalue weighted by atomic mass is 19.4. The first-order valence-corrected chi connectivity index (χ1v) is 5.74. The summed E-state index contributed by atoms with van der Waals surface area (Å²) in [4.78, 5) is 11.5. The summed E-state index contributed by atoms with van der Waals surface area (Å²) in [6.45, 7) is 1.29. The molecular weight excluding hydrogens is 273 g/mol. The Morgan fingerprint density at radius 3 is 2.65 bits per heavy atom. The van der Waals surface area contributed by atoms with Gasteiger partial charge in [0.15, 0.2) is 0 Å². The van der Waals surface area contributed by atoms with Crippen molar-refractivity contribution in [1.82, 2.24) is 10.2 Å². The zero-order chi connectivity index (χ0) is 14.9. The van der Waals surface area contributed by atoms with Crippen molar-refractivity contribution in [2.75, 3.05) is 0 Å². The van der Waals surface area contributed by atoms with Crippen molar-refractivity contribution in [2.24, 2.45) is 0 Å². The number of aromatic amines is 1. The summed E-state index contributed by atoms with van der Waals surface area (Å²) in [5.41, 5.74) is -0.266. The largest absolute Gasteiger partial charge is 0.416 e. The van der Waals surface area contributed by atoms with Crippen molar-refractivity contribution < 1.29 is 23.1 Å². The van der Waals surface area contributed by atoms with Crippen LogP contribution in [0.4, 0.5) is 13.2 Å². The van der Waals surface area contributed by atoms with E-state index in [9.17, 15) is 18.0 Å². The summed E-state index contributed by atoms with van der Waals surface area (Å²) in [5.74, 6) is -0.598. The average molecular weight is 284 g/mol. The predicted octanol–water partition coefficient (Wildman–Crippen LogP) is 2.66. The lowest BCUT2D eigenvalue weighted by atomic mass is 10.1. The standard InChI is InChI=1S/C13H11F3N2O2/c1-7(19)12(20)11-6-10(17-18-11)8-3-2-4-9(5-8)13(14,15)16/h2-7,19H,1H3,(H,17,18). The molecule has 2 rings (SSSR count). The molecule has 1 aromatic heterocycles. The molecule has 0 radical (unpaired) electrons. The summed E-state index contributed by atoms with van der Waals surface area (Å²) >= 11 is 0. The Bertz CT molecular complexity index is 633. The fraction of sp³-hybridized carbons (Fsp3) is 0.231. The lowest BCUT2D eigenvalue weighted by molar-refractivity contribution is -0.137. The van der Waals surface area contributed by atoms with E-state index in [1.807, 2.05) is 0 Å². The number of aliphatic hydroxyl groups excluding tert-OH is 1. The Morgan fingerprint density at radius 2 is 2.05 bits per heavy atom. The second kappa shape index (κ2) is 5.09. The summed E-state index contributed by atoms with van der Waals surface area (Å²) < 4.78 is 37.8. The number of alkyl halides is 3. The zero-order valence-electron chi connectivity index (χ0n) is 10.4. The van der Waals surface area contributed by atoms with E-state index in [-0.39, 0.29) is 17.0 Å². The first-order valence-electron chi connectivity index (χ1n) is 5.74. The van der Waals surface area contributed by atoms with E-state index in [4.69, 9.17) is 5.11 Å². The number of hydrogen-bond acceptors (Lipinski definition) is 3. The van der Waals surface area contributed by atoms with E-state index < -0.39 is 23.6 Å². The summed E-state index contributed by atoms with van der Waals surface area (Å²) in [6, 6.07) is 5.98. The minimum atomic E-state index is -4.44. The number of nitrogens with one attached hydrogen (secondary N) is 1. The molecular formula is C13H11F3N2O2. The number of H-pyrrole nitrogens is 1. The lowest BCUT2D eigenvalue weighted by Crippen LogP contribution is -2.16. The smallest absolute Gasteiger partial charge is 0.385 e. The molecule has 20 heavy (non-hydrogen) atoms. The molecule has 0 spiro atoms. The Labute approximate surface area is 112 Å². The number of carbonyl (C=O) groups is 1. The molecule has 4 nitrogen and oxygen atoms in total. The van der Waals surface area contributed by atoms with Crippen LogP contribution in [0.15, 0.2) is 30.3 Å². The minimum Gasteiger partial charge on any atom is -0.385 e. The highest BCUT2D eigenvalue weighted by Gasteiger charge is 2.30. The quantitative estimate of drug-likeness (QED) is 0.851. The Hall–Kier alpha value is -2.15. The van der Waals surface area contributed by atoms with E-state index in [0.717, 1.165) is 12.1 Å². The molecule has 2 N–H and O–H groups in total. The van der Waals surface area contributed by atoms with Gasteiger partial charge in [-0.05, 0) is 25.1 Å². The van der Waals surface area contributed by atoms with E-state index in [2.05, 4.69) is 10.2 Å². The number of ketones is 1. The van der Waals surface area contributed by atoms with Crippen LogP contribution in [0, 0.1) is 0 Å². The third-order valence-electron chi connectivity index (χ3n) is 2.71. The van der Waals surface area contributed by atoms with Crippen LogP contribution in [0.2, 0.25) is 0 Å². The van der Waals surface area contributed by atoms with E-state index in [1.165, 1.54) is 25.1 Å². The van der Waals surface area contributed by atoms with Crippen LogP contribution in [0.5, 0.6) is 0 Å². The number of Topliss-reactive ketones (excluding diaryl/α,β-unsaturated/α-hetero) is 1. The molecule has 0 saturated heterocycles. The molecule has 1 atom stereocenters. The normalized spacial score (nSPS) is 13.2. The molecule has 1 unspecified atom stereocenters. The van der Waals surface area contributed by atoms with Gasteiger partial charge < -0.3 is 5.11 Å². The average Bonchev–Trinajstić information content (AvgIpc) is 2.86. The van der Waals surface area contributed by atoms with Crippen LogP contribution in [-0.4, -0.2) is 27.2 Å². The molecule has 0 aliphatic rings. The van der Waals surface area contributed by atoms with Gasteiger partial charge in [-0.3, -0.25) is 9.89 Å². The second-order valence-electron chi connectivity index (χ2n) is 4.29. The number of rotatable bonds is 3. The van der Waals surface area contributed by atoms with E-state index in [0.29, 0.717) is 0 Å². The molecule has 0 fully saturated rings. The van der Waals surface area contributed by atoms with Crippen LogP contribution in [0.25, 0.3) is 11.3 Å². The molecule has 0 bridgehead atoms. The predicted molar refractivity (Wildman–Crippen MR) is 65.0 cm³/mol. The first kappa shape index (κ1) is 14.3. The van der Waals surface area contributed by atoms with Gasteiger partial charge in [0, 0.05) is 5.56 Å². The molecule has 7 heteroatoms. The molecule has 0 aliphatic carbocycles. The van der Waals surface area contributed by atoms with Crippen molar-refractivity contribution >= 4 is 5.78 Å². The summed E-state index contributed by atoms with van der Waals surface area (Å²) in [5, 5.41) is 15.3. The maximum atomic E-state index is 12.6. The molecule has 106 valence electrons. The van der Waals surface area contributed by atoms with Gasteiger partial charge in [0.2, 0.25) is 5.78 Å². The van der Waals surface area contributed by atoms with Crippen molar-refractivity contribution in [3.8, 4) is 11.3 Å². The third-order valence-corrected chi connectivity index (χ3v) is 2.71. The lowest BCUT2D eigenvalue weighted by Gasteiger charge is -2.07. The van der Waals surface area contributed by atoms with E-state index in [1.54, 1.807) is 0 Å². The van der Waals surface area contributed by atoms with Crippen LogP contribution < -0.4 is 0 Å². The Kier molecular flexibility index (Phi) is 3.63. The summed E-state index contributed by atoms with van der Waals surface area (Å²) in [7, 11) is 0. The Balaban J connectivity index is 2.36. The minimum absolute atomic E-state index is 0.0209. The SMILES string of the molecule is CC(O)C(=O)c1cc(-c2cccc(C(F)(F)F)c2)[nH]n1. The van der Waals surface area contributed by atoms with Gasteiger partial charge in [0.05, 0.1) is 11.3 Å². The number of carbonyl (C=O) groups excluding carboxylic acids is 1. The van der Waals surface area contributed by atoms with Crippen LogP contribution in [-0.2, 0) is 6.18 Å².